The van der Waals surface area contributed by atoms with Crippen LogP contribution in [0.5, 0.6) is 5.75 Å². The van der Waals surface area contributed by atoms with Gasteiger partial charge in [-0.05, 0) is 57.4 Å². The molecule has 0 aliphatic carbocycles. The number of benzene rings is 1. The van der Waals surface area contributed by atoms with Crippen LogP contribution in [0.1, 0.15) is 37.6 Å². The molecule has 0 atom stereocenters. The van der Waals surface area contributed by atoms with E-state index in [1.807, 2.05) is 6.92 Å². The lowest BCUT2D eigenvalue weighted by atomic mass is 10.1. The lowest BCUT2D eigenvalue weighted by Gasteiger charge is -2.27. The van der Waals surface area contributed by atoms with Crippen LogP contribution in [-0.2, 0) is 16.6 Å². The van der Waals surface area contributed by atoms with Crippen molar-refractivity contribution in [1.82, 2.24) is 14.7 Å². The predicted molar refractivity (Wildman–Crippen MR) is 104 cm³/mol. The maximum Gasteiger partial charge on any atom is 0.241 e. The summed E-state index contributed by atoms with van der Waals surface area (Å²) in [5.41, 5.74) is 1.35. The predicted octanol–water partition coefficient (Wildman–Crippen LogP) is 2.79. The molecule has 1 fully saturated rings. The van der Waals surface area contributed by atoms with Crippen LogP contribution in [0.4, 0.5) is 10.3 Å². The SMILES string of the molecule is CCOc1ccc(S(=O)(=O)NCc2cc(C)nc(N3CCCCC3)n2)cc1F. The van der Waals surface area contributed by atoms with Crippen molar-refractivity contribution in [3.05, 3.63) is 41.5 Å². The largest absolute Gasteiger partial charge is 0.491 e. The van der Waals surface area contributed by atoms with Crippen LogP contribution in [0.15, 0.2) is 29.2 Å². The number of nitrogens with zero attached hydrogens (tertiary/aromatic N) is 3. The van der Waals surface area contributed by atoms with E-state index in [4.69, 9.17) is 4.74 Å². The quantitative estimate of drug-likeness (QED) is 0.758. The average Bonchev–Trinajstić information content (AvgIpc) is 2.68. The number of hydrogen-bond donors (Lipinski definition) is 1. The highest BCUT2D eigenvalue weighted by Crippen LogP contribution is 2.21. The van der Waals surface area contributed by atoms with Crippen molar-refractivity contribution in [3.63, 3.8) is 0 Å². The van der Waals surface area contributed by atoms with Crippen molar-refractivity contribution in [1.29, 1.82) is 0 Å². The first-order valence-electron chi connectivity index (χ1n) is 9.40. The number of piperidine rings is 1. The van der Waals surface area contributed by atoms with E-state index in [2.05, 4.69) is 19.6 Å². The van der Waals surface area contributed by atoms with E-state index in [-0.39, 0.29) is 17.2 Å². The molecular weight excluding hydrogens is 383 g/mol. The van der Waals surface area contributed by atoms with Crippen molar-refractivity contribution in [2.45, 2.75) is 44.6 Å². The zero-order valence-electron chi connectivity index (χ0n) is 16.1. The number of ether oxygens (including phenoxy) is 1. The average molecular weight is 408 g/mol. The molecule has 2 aromatic rings. The Balaban J connectivity index is 1.73. The molecule has 0 spiro atoms. The Hall–Kier alpha value is -2.26. The summed E-state index contributed by atoms with van der Waals surface area (Å²) in [6.45, 7) is 5.69. The van der Waals surface area contributed by atoms with Crippen LogP contribution in [0.25, 0.3) is 0 Å². The lowest BCUT2D eigenvalue weighted by Crippen LogP contribution is -2.32. The first-order valence-corrected chi connectivity index (χ1v) is 10.9. The van der Waals surface area contributed by atoms with Crippen LogP contribution >= 0.6 is 0 Å². The van der Waals surface area contributed by atoms with E-state index in [1.165, 1.54) is 18.6 Å². The second-order valence-electron chi connectivity index (χ2n) is 6.70. The van der Waals surface area contributed by atoms with E-state index < -0.39 is 15.8 Å². The first-order chi connectivity index (χ1) is 13.4. The van der Waals surface area contributed by atoms with Gasteiger partial charge in [0.1, 0.15) is 0 Å². The maximum absolute atomic E-state index is 14.0. The van der Waals surface area contributed by atoms with Gasteiger partial charge in [0.25, 0.3) is 0 Å². The molecule has 28 heavy (non-hydrogen) atoms. The van der Waals surface area contributed by atoms with Gasteiger partial charge in [-0.2, -0.15) is 0 Å². The minimum absolute atomic E-state index is 0.00135. The molecule has 152 valence electrons. The molecule has 0 saturated carbocycles. The molecule has 3 rings (SSSR count). The molecule has 7 nitrogen and oxygen atoms in total. The molecular formula is C19H25FN4O3S. The topological polar surface area (TPSA) is 84.4 Å². The molecule has 0 bridgehead atoms. The number of halogens is 1. The van der Waals surface area contributed by atoms with Crippen molar-refractivity contribution in [2.24, 2.45) is 0 Å². The van der Waals surface area contributed by atoms with E-state index in [0.717, 1.165) is 37.7 Å². The number of anilines is 1. The molecule has 1 saturated heterocycles. The molecule has 1 aromatic heterocycles. The Morgan fingerprint density at radius 2 is 1.93 bits per heavy atom. The van der Waals surface area contributed by atoms with Gasteiger partial charge in [-0.25, -0.2) is 27.5 Å². The summed E-state index contributed by atoms with van der Waals surface area (Å²) in [4.78, 5) is 10.9. The van der Waals surface area contributed by atoms with Gasteiger partial charge in [0.2, 0.25) is 16.0 Å². The Labute approximate surface area is 165 Å². The Kier molecular flexibility index (Phi) is 6.46. The molecule has 1 N–H and O–H groups in total. The summed E-state index contributed by atoms with van der Waals surface area (Å²) in [5, 5.41) is 0. The first kappa shape index (κ1) is 20.5. The summed E-state index contributed by atoms with van der Waals surface area (Å²) in [6.07, 6.45) is 3.40. The molecule has 0 unspecified atom stereocenters. The standard InChI is InChI=1S/C19H25FN4O3S/c1-3-27-18-8-7-16(12-17(18)20)28(25,26)21-13-15-11-14(2)22-19(23-15)24-9-5-4-6-10-24/h7-8,11-12,21H,3-6,9-10,13H2,1-2H3. The number of rotatable bonds is 7. The summed E-state index contributed by atoms with van der Waals surface area (Å²) >= 11 is 0. The number of nitrogens with one attached hydrogen (secondary N) is 1. The molecule has 0 amide bonds. The van der Waals surface area contributed by atoms with Crippen molar-refractivity contribution < 1.29 is 17.5 Å². The molecule has 1 aromatic carbocycles. The second kappa shape index (κ2) is 8.83. The summed E-state index contributed by atoms with van der Waals surface area (Å²) in [5.74, 6) is -0.0601. The molecule has 1 aliphatic rings. The molecule has 0 radical (unpaired) electrons. The van der Waals surface area contributed by atoms with Gasteiger partial charge in [-0.1, -0.05) is 0 Å². The van der Waals surface area contributed by atoms with Crippen LogP contribution in [0.2, 0.25) is 0 Å². The van der Waals surface area contributed by atoms with Crippen molar-refractivity contribution in [3.8, 4) is 5.75 Å². The zero-order valence-corrected chi connectivity index (χ0v) is 16.9. The maximum atomic E-state index is 14.0. The number of sulfonamides is 1. The second-order valence-corrected chi connectivity index (χ2v) is 8.47. The third kappa shape index (κ3) is 4.96. The number of hydrogen-bond acceptors (Lipinski definition) is 6. The monoisotopic (exact) mass is 408 g/mol. The van der Waals surface area contributed by atoms with E-state index in [9.17, 15) is 12.8 Å². The lowest BCUT2D eigenvalue weighted by molar-refractivity contribution is 0.321. The van der Waals surface area contributed by atoms with Crippen molar-refractivity contribution >= 4 is 16.0 Å². The Bertz CT molecular complexity index is 931. The van der Waals surface area contributed by atoms with Crippen LogP contribution in [-0.4, -0.2) is 38.1 Å². The summed E-state index contributed by atoms with van der Waals surface area (Å²) in [7, 11) is -3.88. The Morgan fingerprint density at radius 3 is 2.61 bits per heavy atom. The molecule has 1 aliphatic heterocycles. The van der Waals surface area contributed by atoms with Gasteiger partial charge < -0.3 is 9.64 Å². The fourth-order valence-corrected chi connectivity index (χ4v) is 4.13. The minimum Gasteiger partial charge on any atom is -0.491 e. The van der Waals surface area contributed by atoms with Gasteiger partial charge in [-0.15, -0.1) is 0 Å². The van der Waals surface area contributed by atoms with Crippen LogP contribution in [0, 0.1) is 12.7 Å². The van der Waals surface area contributed by atoms with Crippen LogP contribution < -0.4 is 14.4 Å². The van der Waals surface area contributed by atoms with Crippen molar-refractivity contribution in [2.75, 3.05) is 24.6 Å². The van der Waals surface area contributed by atoms with E-state index >= 15 is 0 Å². The van der Waals surface area contributed by atoms with E-state index in [1.54, 1.807) is 13.0 Å². The number of aryl methyl sites for hydroxylation is 1. The third-order valence-corrected chi connectivity index (χ3v) is 5.89. The highest BCUT2D eigenvalue weighted by atomic mass is 32.2. The van der Waals surface area contributed by atoms with E-state index in [0.29, 0.717) is 18.2 Å². The van der Waals surface area contributed by atoms with Gasteiger partial charge in [0.05, 0.1) is 23.7 Å². The molecule has 9 heteroatoms. The zero-order chi connectivity index (χ0) is 20.1. The smallest absolute Gasteiger partial charge is 0.241 e. The highest BCUT2D eigenvalue weighted by molar-refractivity contribution is 7.89. The number of aromatic nitrogens is 2. The minimum atomic E-state index is -3.88. The third-order valence-electron chi connectivity index (χ3n) is 4.49. The summed E-state index contributed by atoms with van der Waals surface area (Å²) in [6, 6.07) is 5.34. The Morgan fingerprint density at radius 1 is 1.18 bits per heavy atom. The fraction of sp³-hybridized carbons (Fsp3) is 0.474. The summed E-state index contributed by atoms with van der Waals surface area (Å²) < 4.78 is 46.6. The van der Waals surface area contributed by atoms with Crippen LogP contribution in [0.3, 0.4) is 0 Å². The fourth-order valence-electron chi connectivity index (χ4n) is 3.12. The molecule has 2 heterocycles. The van der Waals surface area contributed by atoms with Gasteiger partial charge >= 0.3 is 0 Å². The van der Waals surface area contributed by atoms with Gasteiger partial charge in [-0.3, -0.25) is 0 Å². The highest BCUT2D eigenvalue weighted by Gasteiger charge is 2.18. The van der Waals surface area contributed by atoms with Gasteiger partial charge in [0.15, 0.2) is 11.6 Å². The van der Waals surface area contributed by atoms with Gasteiger partial charge in [0, 0.05) is 18.8 Å². The normalized spacial score (nSPS) is 14.9.